The third-order valence-electron chi connectivity index (χ3n) is 3.20. The number of hydrogen-bond acceptors (Lipinski definition) is 0. The van der Waals surface area contributed by atoms with Crippen molar-refractivity contribution in [3.63, 3.8) is 0 Å². The van der Waals surface area contributed by atoms with Gasteiger partial charge in [0.2, 0.25) is 0 Å². The highest BCUT2D eigenvalue weighted by Crippen LogP contribution is 2.21. The van der Waals surface area contributed by atoms with Crippen molar-refractivity contribution in [3.8, 4) is 0 Å². The molecule has 23 heavy (non-hydrogen) atoms. The van der Waals surface area contributed by atoms with Crippen LogP contribution in [0.5, 0.6) is 0 Å². The molecule has 0 bridgehead atoms. The Kier molecular flexibility index (Phi) is 7.00. The first-order valence-corrected chi connectivity index (χ1v) is 8.34. The Labute approximate surface area is 141 Å². The minimum Gasteiger partial charge on any atom is -0.207 e. The van der Waals surface area contributed by atoms with E-state index in [4.69, 9.17) is 0 Å². The molecule has 2 rings (SSSR count). The molecule has 1 heteroatoms. The van der Waals surface area contributed by atoms with Crippen LogP contribution in [0.25, 0.3) is 0 Å². The highest BCUT2D eigenvalue weighted by atomic mass is 19.1. The summed E-state index contributed by atoms with van der Waals surface area (Å²) < 4.78 is 12.7. The minimum absolute atomic E-state index is 0.142. The molecule has 0 fully saturated rings. The van der Waals surface area contributed by atoms with Crippen LogP contribution in [0.4, 0.5) is 4.39 Å². The molecule has 0 amide bonds. The van der Waals surface area contributed by atoms with E-state index in [1.54, 1.807) is 12.1 Å². The third-order valence-corrected chi connectivity index (χ3v) is 3.20. The molecule has 2 aromatic rings. The van der Waals surface area contributed by atoms with E-state index < -0.39 is 0 Å². The van der Waals surface area contributed by atoms with Crippen molar-refractivity contribution < 1.29 is 4.39 Å². The van der Waals surface area contributed by atoms with Crippen molar-refractivity contribution in [2.24, 2.45) is 10.8 Å². The molecule has 0 saturated heterocycles. The van der Waals surface area contributed by atoms with Crippen LogP contribution in [0.3, 0.4) is 0 Å². The van der Waals surface area contributed by atoms with Gasteiger partial charge in [-0.05, 0) is 46.9 Å². The molecule has 2 aromatic carbocycles. The van der Waals surface area contributed by atoms with Crippen LogP contribution < -0.4 is 0 Å². The fraction of sp³-hybridized carbons (Fsp3) is 0.455. The van der Waals surface area contributed by atoms with Crippen molar-refractivity contribution >= 4 is 0 Å². The number of rotatable bonds is 2. The molecule has 0 atom stereocenters. The van der Waals surface area contributed by atoms with Crippen LogP contribution in [0.1, 0.15) is 52.7 Å². The fourth-order valence-electron chi connectivity index (χ4n) is 2.47. The molecular formula is C22H31F. The largest absolute Gasteiger partial charge is 0.207 e. The van der Waals surface area contributed by atoms with E-state index in [9.17, 15) is 4.39 Å². The predicted molar refractivity (Wildman–Crippen MR) is 99.2 cm³/mol. The van der Waals surface area contributed by atoms with E-state index in [1.165, 1.54) is 11.6 Å². The van der Waals surface area contributed by atoms with Crippen molar-refractivity contribution in [2.45, 2.75) is 54.4 Å². The summed E-state index contributed by atoms with van der Waals surface area (Å²) in [5.74, 6) is -0.142. The molecular weight excluding hydrogens is 283 g/mol. The molecule has 0 nitrogen and oxygen atoms in total. The first-order chi connectivity index (χ1) is 10.6. The second kappa shape index (κ2) is 8.29. The molecule has 0 aliphatic carbocycles. The second-order valence-electron chi connectivity index (χ2n) is 8.59. The normalized spacial score (nSPS) is 11.6. The van der Waals surface area contributed by atoms with Gasteiger partial charge in [-0.1, -0.05) is 84.0 Å². The van der Waals surface area contributed by atoms with Crippen LogP contribution in [-0.4, -0.2) is 0 Å². The summed E-state index contributed by atoms with van der Waals surface area (Å²) in [6.45, 7) is 13.2. The maximum Gasteiger partial charge on any atom is 0.123 e. The summed E-state index contributed by atoms with van der Waals surface area (Å²) >= 11 is 0. The average molecular weight is 314 g/mol. The molecule has 0 unspecified atom stereocenters. The lowest BCUT2D eigenvalue weighted by atomic mass is 9.88. The van der Waals surface area contributed by atoms with Crippen LogP contribution in [0, 0.1) is 16.6 Å². The lowest BCUT2D eigenvalue weighted by molar-refractivity contribution is 0.410. The monoisotopic (exact) mass is 314 g/mol. The van der Waals surface area contributed by atoms with Gasteiger partial charge in [-0.15, -0.1) is 0 Å². The maximum absolute atomic E-state index is 12.7. The summed E-state index contributed by atoms with van der Waals surface area (Å²) in [7, 11) is 0. The summed E-state index contributed by atoms with van der Waals surface area (Å²) in [6, 6.07) is 17.4. The van der Waals surface area contributed by atoms with Gasteiger partial charge in [0.15, 0.2) is 0 Å². The summed E-state index contributed by atoms with van der Waals surface area (Å²) in [6.07, 6.45) is 2.08. The van der Waals surface area contributed by atoms with Gasteiger partial charge in [-0.3, -0.25) is 0 Å². The Balaban J connectivity index is 0.000000231. The molecule has 0 N–H and O–H groups in total. The Morgan fingerprint density at radius 1 is 0.652 bits per heavy atom. The molecule has 0 aliphatic heterocycles. The van der Waals surface area contributed by atoms with E-state index in [0.29, 0.717) is 5.41 Å². The lowest BCUT2D eigenvalue weighted by Crippen LogP contribution is -2.08. The highest BCUT2D eigenvalue weighted by molar-refractivity contribution is 5.17. The molecule has 0 aliphatic rings. The molecule has 0 spiro atoms. The quantitative estimate of drug-likeness (QED) is 0.579. The van der Waals surface area contributed by atoms with Crippen LogP contribution in [-0.2, 0) is 12.8 Å². The van der Waals surface area contributed by atoms with E-state index in [1.807, 2.05) is 6.07 Å². The molecule has 0 aromatic heterocycles. The maximum atomic E-state index is 12.7. The Hall–Kier alpha value is -1.63. The topological polar surface area (TPSA) is 0 Å². The lowest BCUT2D eigenvalue weighted by Gasteiger charge is -2.17. The van der Waals surface area contributed by atoms with E-state index >= 15 is 0 Å². The van der Waals surface area contributed by atoms with Gasteiger partial charge in [0, 0.05) is 0 Å². The smallest absolute Gasteiger partial charge is 0.123 e. The van der Waals surface area contributed by atoms with Crippen molar-refractivity contribution in [1.29, 1.82) is 0 Å². The van der Waals surface area contributed by atoms with E-state index in [2.05, 4.69) is 71.9 Å². The summed E-state index contributed by atoms with van der Waals surface area (Å²) in [5.41, 5.74) is 3.14. The summed E-state index contributed by atoms with van der Waals surface area (Å²) in [4.78, 5) is 0. The van der Waals surface area contributed by atoms with Crippen LogP contribution >= 0.6 is 0 Å². The van der Waals surface area contributed by atoms with Gasteiger partial charge in [0.05, 0.1) is 0 Å². The zero-order valence-corrected chi connectivity index (χ0v) is 15.5. The zero-order chi connectivity index (χ0) is 17.5. The van der Waals surface area contributed by atoms with Crippen molar-refractivity contribution in [3.05, 3.63) is 71.5 Å². The second-order valence-corrected chi connectivity index (χ2v) is 8.59. The average Bonchev–Trinajstić information content (AvgIpc) is 2.36. The first kappa shape index (κ1) is 19.4. The van der Waals surface area contributed by atoms with Crippen LogP contribution in [0.2, 0.25) is 0 Å². The minimum atomic E-state index is -0.142. The van der Waals surface area contributed by atoms with Gasteiger partial charge < -0.3 is 0 Å². The van der Waals surface area contributed by atoms with Gasteiger partial charge in [0.25, 0.3) is 0 Å². The van der Waals surface area contributed by atoms with Crippen LogP contribution in [0.15, 0.2) is 54.6 Å². The Morgan fingerprint density at radius 3 is 1.61 bits per heavy atom. The Morgan fingerprint density at radius 2 is 1.13 bits per heavy atom. The predicted octanol–water partition coefficient (Wildman–Crippen LogP) is 6.69. The van der Waals surface area contributed by atoms with Gasteiger partial charge in [0.1, 0.15) is 5.82 Å². The number of hydrogen-bond donors (Lipinski definition) is 0. The summed E-state index contributed by atoms with van der Waals surface area (Å²) in [5, 5.41) is 0. The zero-order valence-electron chi connectivity index (χ0n) is 15.5. The van der Waals surface area contributed by atoms with Crippen molar-refractivity contribution in [2.75, 3.05) is 0 Å². The molecule has 0 saturated carbocycles. The molecule has 0 heterocycles. The van der Waals surface area contributed by atoms with Gasteiger partial charge in [-0.2, -0.15) is 0 Å². The van der Waals surface area contributed by atoms with E-state index in [0.717, 1.165) is 18.4 Å². The molecule has 0 radical (unpaired) electrons. The Bertz CT molecular complexity index is 571. The highest BCUT2D eigenvalue weighted by Gasteiger charge is 2.11. The van der Waals surface area contributed by atoms with E-state index in [-0.39, 0.29) is 11.2 Å². The third kappa shape index (κ3) is 9.89. The number of halogens is 1. The van der Waals surface area contributed by atoms with Gasteiger partial charge >= 0.3 is 0 Å². The molecule has 126 valence electrons. The standard InChI is InChI=1S/C11H15F.C11H16/c1-11(2,3)8-9-5-4-6-10(12)7-9;1-11(2,3)9-10-7-5-4-6-8-10/h4-7H,8H2,1-3H3;4-8H,9H2,1-3H3. The van der Waals surface area contributed by atoms with Crippen molar-refractivity contribution in [1.82, 2.24) is 0 Å². The number of benzene rings is 2. The first-order valence-electron chi connectivity index (χ1n) is 8.34. The fourth-order valence-corrected chi connectivity index (χ4v) is 2.47. The van der Waals surface area contributed by atoms with Gasteiger partial charge in [-0.25, -0.2) is 4.39 Å². The SMILES string of the molecule is CC(C)(C)Cc1cccc(F)c1.CC(C)(C)Cc1ccccc1.